The van der Waals surface area contributed by atoms with Crippen molar-refractivity contribution >= 4 is 23.4 Å². The van der Waals surface area contributed by atoms with Crippen molar-refractivity contribution in [3.05, 3.63) is 65.8 Å². The minimum atomic E-state index is -0.661. The molecule has 0 spiro atoms. The first-order valence-corrected chi connectivity index (χ1v) is 9.56. The lowest BCUT2D eigenvalue weighted by Gasteiger charge is -2.11. The Labute approximate surface area is 170 Å². The number of carbonyl (C=O) groups excluding carboxylic acids is 1. The molecule has 2 atom stereocenters. The van der Waals surface area contributed by atoms with Gasteiger partial charge in [-0.1, -0.05) is 30.0 Å². The molecule has 1 amide bonds. The average molecular weight is 412 g/mol. The molecule has 148 valence electrons. The summed E-state index contributed by atoms with van der Waals surface area (Å²) in [7, 11) is 0. The summed E-state index contributed by atoms with van der Waals surface area (Å²) in [6.45, 7) is 3.35. The minimum Gasteiger partial charge on any atom is -0.478 e. The summed E-state index contributed by atoms with van der Waals surface area (Å²) in [5.74, 6) is -0.510. The van der Waals surface area contributed by atoms with E-state index < -0.39 is 17.2 Å². The number of carbonyl (C=O) groups is 1. The second kappa shape index (κ2) is 9.21. The monoisotopic (exact) mass is 412 g/mol. The van der Waals surface area contributed by atoms with Crippen LogP contribution in [0, 0.1) is 17.1 Å². The quantitative estimate of drug-likeness (QED) is 0.576. The molecule has 0 radical (unpaired) electrons. The molecule has 0 saturated heterocycles. The summed E-state index contributed by atoms with van der Waals surface area (Å²) >= 11 is 1.08. The van der Waals surface area contributed by atoms with Gasteiger partial charge in [0.25, 0.3) is 11.1 Å². The number of nitriles is 1. The number of hydrogen-bond acceptors (Lipinski definition) is 7. The van der Waals surface area contributed by atoms with Crippen LogP contribution in [-0.4, -0.2) is 21.4 Å². The first-order valence-electron chi connectivity index (χ1n) is 8.68. The van der Waals surface area contributed by atoms with E-state index in [1.165, 1.54) is 12.1 Å². The molecule has 9 heteroatoms. The third kappa shape index (κ3) is 5.33. The van der Waals surface area contributed by atoms with Crippen LogP contribution in [0.25, 0.3) is 0 Å². The van der Waals surface area contributed by atoms with Crippen molar-refractivity contribution in [2.24, 2.45) is 0 Å². The van der Waals surface area contributed by atoms with Gasteiger partial charge in [-0.05, 0) is 44.2 Å². The van der Waals surface area contributed by atoms with Crippen LogP contribution in [0.5, 0.6) is 5.75 Å². The van der Waals surface area contributed by atoms with E-state index in [0.29, 0.717) is 11.3 Å². The van der Waals surface area contributed by atoms with Gasteiger partial charge in [0.15, 0.2) is 17.7 Å². The predicted molar refractivity (Wildman–Crippen MR) is 105 cm³/mol. The molecule has 0 bridgehead atoms. The number of amides is 1. The smallest absolute Gasteiger partial charge is 0.277 e. The van der Waals surface area contributed by atoms with Crippen LogP contribution < -0.4 is 10.1 Å². The zero-order chi connectivity index (χ0) is 20.8. The van der Waals surface area contributed by atoms with Crippen molar-refractivity contribution in [2.75, 3.05) is 5.32 Å². The topological polar surface area (TPSA) is 101 Å². The SMILES string of the molecule is C[C@H](Sc1nnc([C@@H](C)Oc2ccccc2F)o1)C(=O)Nc1cccc(C#N)c1. The average Bonchev–Trinajstić information content (AvgIpc) is 3.18. The van der Waals surface area contributed by atoms with Crippen molar-refractivity contribution in [3.63, 3.8) is 0 Å². The minimum absolute atomic E-state index is 0.0831. The largest absolute Gasteiger partial charge is 0.478 e. The van der Waals surface area contributed by atoms with Gasteiger partial charge >= 0.3 is 0 Å². The van der Waals surface area contributed by atoms with Gasteiger partial charge in [-0.3, -0.25) is 4.79 Å². The van der Waals surface area contributed by atoms with Crippen molar-refractivity contribution in [2.45, 2.75) is 30.4 Å². The van der Waals surface area contributed by atoms with Crippen molar-refractivity contribution in [3.8, 4) is 11.8 Å². The Hall–Kier alpha value is -3.38. The lowest BCUT2D eigenvalue weighted by atomic mass is 10.2. The van der Waals surface area contributed by atoms with E-state index in [1.807, 2.05) is 6.07 Å². The number of anilines is 1. The van der Waals surface area contributed by atoms with Gasteiger partial charge in [0.05, 0.1) is 16.9 Å². The molecule has 7 nitrogen and oxygen atoms in total. The molecule has 1 heterocycles. The molecular formula is C20H17FN4O3S. The maximum absolute atomic E-state index is 13.7. The summed E-state index contributed by atoms with van der Waals surface area (Å²) < 4.78 is 24.7. The maximum Gasteiger partial charge on any atom is 0.277 e. The highest BCUT2D eigenvalue weighted by Crippen LogP contribution is 2.27. The number of para-hydroxylation sites is 1. The van der Waals surface area contributed by atoms with E-state index in [2.05, 4.69) is 15.5 Å². The van der Waals surface area contributed by atoms with Crippen LogP contribution in [0.1, 0.15) is 31.4 Å². The molecule has 3 aromatic rings. The highest BCUT2D eigenvalue weighted by Gasteiger charge is 2.21. The highest BCUT2D eigenvalue weighted by atomic mass is 32.2. The number of hydrogen-bond donors (Lipinski definition) is 1. The van der Waals surface area contributed by atoms with Crippen LogP contribution in [0.4, 0.5) is 10.1 Å². The Morgan fingerprint density at radius 1 is 1.24 bits per heavy atom. The number of benzene rings is 2. The number of ether oxygens (including phenoxy) is 1. The van der Waals surface area contributed by atoms with Crippen LogP contribution in [-0.2, 0) is 4.79 Å². The molecule has 0 saturated carbocycles. The zero-order valence-electron chi connectivity index (χ0n) is 15.6. The Bertz CT molecular complexity index is 1050. The normalized spacial score (nSPS) is 12.6. The Morgan fingerprint density at radius 2 is 2.03 bits per heavy atom. The molecule has 0 aliphatic rings. The van der Waals surface area contributed by atoms with E-state index in [1.54, 1.807) is 50.2 Å². The van der Waals surface area contributed by atoms with E-state index in [0.717, 1.165) is 11.8 Å². The Kier molecular flexibility index (Phi) is 6.46. The molecular weight excluding hydrogens is 395 g/mol. The first-order chi connectivity index (χ1) is 14.0. The summed E-state index contributed by atoms with van der Waals surface area (Å²) in [5.41, 5.74) is 0.980. The van der Waals surface area contributed by atoms with Crippen molar-refractivity contribution in [1.82, 2.24) is 10.2 Å². The summed E-state index contributed by atoms with van der Waals surface area (Å²) in [4.78, 5) is 12.4. The second-order valence-corrected chi connectivity index (χ2v) is 7.33. The second-order valence-electron chi connectivity index (χ2n) is 6.04. The van der Waals surface area contributed by atoms with E-state index in [-0.39, 0.29) is 22.8 Å². The highest BCUT2D eigenvalue weighted by molar-refractivity contribution is 8.00. The van der Waals surface area contributed by atoms with Gasteiger partial charge in [-0.25, -0.2) is 4.39 Å². The molecule has 2 aromatic carbocycles. The fourth-order valence-corrected chi connectivity index (χ4v) is 3.02. The van der Waals surface area contributed by atoms with Gasteiger partial charge in [0, 0.05) is 5.69 Å². The van der Waals surface area contributed by atoms with Crippen molar-refractivity contribution < 1.29 is 18.3 Å². The van der Waals surface area contributed by atoms with Crippen molar-refractivity contribution in [1.29, 1.82) is 5.26 Å². The van der Waals surface area contributed by atoms with Gasteiger partial charge in [0.2, 0.25) is 5.91 Å². The Balaban J connectivity index is 1.59. The van der Waals surface area contributed by atoms with Gasteiger partial charge < -0.3 is 14.5 Å². The molecule has 1 N–H and O–H groups in total. The molecule has 3 rings (SSSR count). The first kappa shape index (κ1) is 20.4. The van der Waals surface area contributed by atoms with Gasteiger partial charge in [-0.2, -0.15) is 5.26 Å². The van der Waals surface area contributed by atoms with E-state index in [9.17, 15) is 9.18 Å². The maximum atomic E-state index is 13.7. The third-order valence-corrected chi connectivity index (χ3v) is 4.75. The fraction of sp³-hybridized carbons (Fsp3) is 0.200. The number of rotatable bonds is 7. The van der Waals surface area contributed by atoms with Crippen LogP contribution in [0.2, 0.25) is 0 Å². The molecule has 0 unspecified atom stereocenters. The standard InChI is InChI=1S/C20H17FN4O3S/c1-12(27-17-9-4-3-8-16(17)21)19-24-25-20(28-19)29-13(2)18(26)23-15-7-5-6-14(10-15)11-22/h3-10,12-13H,1-2H3,(H,23,26)/t12-,13+/m1/s1. The lowest BCUT2D eigenvalue weighted by Crippen LogP contribution is -2.22. The van der Waals surface area contributed by atoms with E-state index in [4.69, 9.17) is 14.4 Å². The molecule has 1 aromatic heterocycles. The number of halogens is 1. The lowest BCUT2D eigenvalue weighted by molar-refractivity contribution is -0.115. The van der Waals surface area contributed by atoms with Crippen LogP contribution in [0.3, 0.4) is 0 Å². The van der Waals surface area contributed by atoms with E-state index >= 15 is 0 Å². The fourth-order valence-electron chi connectivity index (χ4n) is 2.33. The van der Waals surface area contributed by atoms with Crippen LogP contribution >= 0.6 is 11.8 Å². The van der Waals surface area contributed by atoms with Gasteiger partial charge in [0.1, 0.15) is 0 Å². The predicted octanol–water partition coefficient (Wildman–Crippen LogP) is 4.34. The summed E-state index contributed by atoms with van der Waals surface area (Å²) in [6, 6.07) is 14.7. The molecule has 29 heavy (non-hydrogen) atoms. The molecule has 0 aliphatic heterocycles. The number of nitrogens with one attached hydrogen (secondary N) is 1. The van der Waals surface area contributed by atoms with Gasteiger partial charge in [-0.15, -0.1) is 10.2 Å². The number of aromatic nitrogens is 2. The summed E-state index contributed by atoms with van der Waals surface area (Å²) in [5, 5.41) is 19.1. The summed E-state index contributed by atoms with van der Waals surface area (Å²) in [6.07, 6.45) is -0.661. The molecule has 0 fully saturated rings. The Morgan fingerprint density at radius 3 is 2.79 bits per heavy atom. The molecule has 0 aliphatic carbocycles. The number of thioether (sulfide) groups is 1. The van der Waals surface area contributed by atoms with Crippen LogP contribution in [0.15, 0.2) is 58.2 Å². The third-order valence-electron chi connectivity index (χ3n) is 3.82. The number of nitrogens with zero attached hydrogens (tertiary/aromatic N) is 3. The zero-order valence-corrected chi connectivity index (χ0v) is 16.4.